The molecule has 0 atom stereocenters. The predicted octanol–water partition coefficient (Wildman–Crippen LogP) is 6.88. The van der Waals surface area contributed by atoms with E-state index >= 15 is 0 Å². The second kappa shape index (κ2) is 9.57. The molecule has 0 aliphatic carbocycles. The van der Waals surface area contributed by atoms with E-state index in [2.05, 4.69) is 4.40 Å². The van der Waals surface area contributed by atoms with Gasteiger partial charge in [0.25, 0.3) is 10.0 Å². The summed E-state index contributed by atoms with van der Waals surface area (Å²) in [4.78, 5) is 0.115. The van der Waals surface area contributed by atoms with Gasteiger partial charge in [-0.05, 0) is 41.8 Å². The molecule has 0 saturated heterocycles. The maximum atomic E-state index is 13.4. The van der Waals surface area contributed by atoms with Crippen LogP contribution >= 0.6 is 0 Å². The highest BCUT2D eigenvalue weighted by Crippen LogP contribution is 2.33. The summed E-state index contributed by atoms with van der Waals surface area (Å²) in [6.45, 7) is 1.91. The number of benzene rings is 4. The Balaban J connectivity index is 1.87. The minimum absolute atomic E-state index is 0.0389. The molecule has 0 unspecified atom stereocenters. The van der Waals surface area contributed by atoms with Crippen molar-refractivity contribution in [2.24, 2.45) is 4.40 Å². The van der Waals surface area contributed by atoms with Crippen LogP contribution in [0.4, 0.5) is 0 Å². The van der Waals surface area contributed by atoms with Crippen LogP contribution in [-0.4, -0.2) is 8.42 Å². The first-order chi connectivity index (χ1) is 17.0. The lowest BCUT2D eigenvalue weighted by molar-refractivity contribution is 0.513. The highest BCUT2D eigenvalue weighted by atomic mass is 32.2. The Hall–Kier alpha value is -4.22. The van der Waals surface area contributed by atoms with Crippen molar-refractivity contribution < 1.29 is 12.8 Å². The Morgan fingerprint density at radius 1 is 0.629 bits per heavy atom. The van der Waals surface area contributed by atoms with Crippen LogP contribution in [0, 0.1) is 6.92 Å². The fourth-order valence-electron chi connectivity index (χ4n) is 3.91. The van der Waals surface area contributed by atoms with Gasteiger partial charge in [0.1, 0.15) is 5.76 Å². The third kappa shape index (κ3) is 4.86. The van der Waals surface area contributed by atoms with Gasteiger partial charge in [-0.2, -0.15) is 8.42 Å². The van der Waals surface area contributed by atoms with Gasteiger partial charge < -0.3 is 4.42 Å². The number of aryl methyl sites for hydroxylation is 1. The van der Waals surface area contributed by atoms with Gasteiger partial charge >= 0.3 is 0 Å². The minimum atomic E-state index is -4.03. The molecule has 0 radical (unpaired) electrons. The molecule has 5 rings (SSSR count). The summed E-state index contributed by atoms with van der Waals surface area (Å²) in [7, 11) is -4.03. The monoisotopic (exact) mass is 477 g/mol. The van der Waals surface area contributed by atoms with Gasteiger partial charge in [0, 0.05) is 5.56 Å². The van der Waals surface area contributed by atoms with Crippen LogP contribution in [0.5, 0.6) is 0 Å². The van der Waals surface area contributed by atoms with E-state index in [0.717, 1.165) is 27.8 Å². The van der Waals surface area contributed by atoms with E-state index in [-0.39, 0.29) is 10.4 Å². The van der Waals surface area contributed by atoms with Gasteiger partial charge in [0.05, 0.1) is 10.5 Å². The normalized spacial score (nSPS) is 12.0. The van der Waals surface area contributed by atoms with Gasteiger partial charge in [-0.25, -0.2) is 0 Å². The molecule has 35 heavy (non-hydrogen) atoms. The fourth-order valence-corrected chi connectivity index (χ4v) is 4.85. The van der Waals surface area contributed by atoms with Gasteiger partial charge in [-0.15, -0.1) is 4.40 Å². The third-order valence-corrected chi connectivity index (χ3v) is 6.97. The largest absolute Gasteiger partial charge is 0.437 e. The van der Waals surface area contributed by atoms with E-state index in [1.54, 1.807) is 24.3 Å². The highest BCUT2D eigenvalue weighted by molar-refractivity contribution is 7.90. The van der Waals surface area contributed by atoms with Crippen molar-refractivity contribution in [1.82, 2.24) is 0 Å². The molecule has 4 nitrogen and oxygen atoms in total. The molecule has 0 aliphatic heterocycles. The topological polar surface area (TPSA) is 59.6 Å². The lowest BCUT2D eigenvalue weighted by Crippen LogP contribution is -2.13. The number of nitrogens with zero attached hydrogens (tertiary/aromatic N) is 1. The van der Waals surface area contributed by atoms with Crippen molar-refractivity contribution >= 4 is 10.0 Å². The lowest BCUT2D eigenvalue weighted by atomic mass is 9.95. The van der Waals surface area contributed by atoms with Crippen molar-refractivity contribution in [2.75, 3.05) is 0 Å². The Kier molecular flexibility index (Phi) is 6.17. The first-order valence-electron chi connectivity index (χ1n) is 11.2. The van der Waals surface area contributed by atoms with Crippen LogP contribution in [0.15, 0.2) is 135 Å². The number of sulfonamides is 1. The summed E-state index contributed by atoms with van der Waals surface area (Å²) in [6.07, 6.45) is 0. The predicted molar refractivity (Wildman–Crippen MR) is 139 cm³/mol. The Labute approximate surface area is 204 Å². The van der Waals surface area contributed by atoms with Crippen LogP contribution in [0.1, 0.15) is 5.56 Å². The molecule has 0 saturated carbocycles. The second-order valence-electron chi connectivity index (χ2n) is 8.18. The summed E-state index contributed by atoms with van der Waals surface area (Å²) < 4.78 is 37.2. The highest BCUT2D eigenvalue weighted by Gasteiger charge is 2.19. The molecule has 0 aliphatic rings. The molecule has 5 aromatic rings. The first-order valence-corrected chi connectivity index (χ1v) is 12.7. The van der Waals surface area contributed by atoms with Crippen molar-refractivity contribution in [3.63, 3.8) is 0 Å². The van der Waals surface area contributed by atoms with Crippen molar-refractivity contribution in [3.05, 3.63) is 132 Å². The van der Waals surface area contributed by atoms with E-state index in [9.17, 15) is 8.42 Å². The molecular formula is C30H23NO3S. The zero-order valence-corrected chi connectivity index (χ0v) is 19.9. The Bertz CT molecular complexity index is 1620. The molecule has 4 aromatic carbocycles. The molecule has 0 spiro atoms. The minimum Gasteiger partial charge on any atom is -0.437 e. The molecule has 0 fully saturated rings. The van der Waals surface area contributed by atoms with Gasteiger partial charge in [-0.1, -0.05) is 109 Å². The molecule has 0 N–H and O–H groups in total. The van der Waals surface area contributed by atoms with Crippen molar-refractivity contribution in [2.45, 2.75) is 11.8 Å². The molecular weight excluding hydrogens is 454 g/mol. The van der Waals surface area contributed by atoms with Crippen molar-refractivity contribution in [1.29, 1.82) is 0 Å². The van der Waals surface area contributed by atoms with Crippen LogP contribution in [0.2, 0.25) is 0 Å². The average molecular weight is 478 g/mol. The summed E-state index contributed by atoms with van der Waals surface area (Å²) >= 11 is 0. The Morgan fingerprint density at radius 3 is 1.71 bits per heavy atom. The van der Waals surface area contributed by atoms with Crippen molar-refractivity contribution in [3.8, 4) is 33.6 Å². The van der Waals surface area contributed by atoms with Gasteiger partial charge in [0.15, 0.2) is 0 Å². The first kappa shape index (κ1) is 22.6. The van der Waals surface area contributed by atoms with E-state index in [1.807, 2.05) is 104 Å². The maximum absolute atomic E-state index is 13.4. The SMILES string of the molecule is Cc1ccc(S(=O)(=O)N=c2oc(-c3ccccc3)cc(-c3ccccc3)c2-c2ccccc2)cc1. The van der Waals surface area contributed by atoms with Crippen LogP contribution in [0.3, 0.4) is 0 Å². The van der Waals surface area contributed by atoms with E-state index < -0.39 is 10.0 Å². The molecule has 1 aromatic heterocycles. The fraction of sp³-hybridized carbons (Fsp3) is 0.0333. The smallest absolute Gasteiger partial charge is 0.285 e. The van der Waals surface area contributed by atoms with Gasteiger partial charge in [0.2, 0.25) is 5.55 Å². The molecule has 0 bridgehead atoms. The third-order valence-electron chi connectivity index (χ3n) is 5.69. The molecule has 5 heteroatoms. The second-order valence-corrected chi connectivity index (χ2v) is 9.79. The summed E-state index contributed by atoms with van der Waals surface area (Å²) in [5, 5.41) is 0. The number of hydrogen-bond donors (Lipinski definition) is 0. The van der Waals surface area contributed by atoms with E-state index in [1.165, 1.54) is 0 Å². The molecule has 172 valence electrons. The quantitative estimate of drug-likeness (QED) is 0.277. The molecule has 1 heterocycles. The summed E-state index contributed by atoms with van der Waals surface area (Å²) in [5.74, 6) is 0.530. The zero-order valence-electron chi connectivity index (χ0n) is 19.1. The maximum Gasteiger partial charge on any atom is 0.285 e. The number of rotatable bonds is 5. The van der Waals surface area contributed by atoms with Crippen LogP contribution in [0.25, 0.3) is 33.6 Å². The van der Waals surface area contributed by atoms with Gasteiger partial charge in [-0.3, -0.25) is 0 Å². The summed E-state index contributed by atoms with van der Waals surface area (Å²) in [6, 6.07) is 37.6. The zero-order chi connectivity index (χ0) is 24.3. The number of hydrogen-bond acceptors (Lipinski definition) is 3. The lowest BCUT2D eigenvalue weighted by Gasteiger charge is -2.13. The summed E-state index contributed by atoms with van der Waals surface area (Å²) in [5.41, 5.74) is 5.03. The van der Waals surface area contributed by atoms with E-state index in [4.69, 9.17) is 4.42 Å². The average Bonchev–Trinajstić information content (AvgIpc) is 2.90. The standard InChI is InChI=1S/C30H23NO3S/c1-22-17-19-26(20-18-22)35(32,33)31-30-29(25-15-9-4-10-16-25)27(23-11-5-2-6-12-23)21-28(34-30)24-13-7-3-8-14-24/h2-21H,1H3. The Morgan fingerprint density at radius 2 is 1.14 bits per heavy atom. The van der Waals surface area contributed by atoms with Crippen LogP contribution in [-0.2, 0) is 10.0 Å². The van der Waals surface area contributed by atoms with E-state index in [0.29, 0.717) is 11.3 Å². The molecule has 0 amide bonds. The van der Waals surface area contributed by atoms with Crippen LogP contribution < -0.4 is 5.55 Å².